The maximum atomic E-state index is 12.2. The molecule has 0 amide bonds. The van der Waals surface area contributed by atoms with E-state index < -0.39 is 5.97 Å². The zero-order chi connectivity index (χ0) is 16.7. The molecule has 0 saturated carbocycles. The molecule has 0 fully saturated rings. The van der Waals surface area contributed by atoms with Gasteiger partial charge in [-0.1, -0.05) is 44.4 Å². The first-order valence-corrected chi connectivity index (χ1v) is 8.10. The Labute approximate surface area is 136 Å². The van der Waals surface area contributed by atoms with Crippen molar-refractivity contribution in [1.29, 1.82) is 0 Å². The second-order valence-electron chi connectivity index (χ2n) is 5.60. The van der Waals surface area contributed by atoms with Gasteiger partial charge in [-0.3, -0.25) is 4.79 Å². The van der Waals surface area contributed by atoms with Crippen LogP contribution < -0.4 is 10.2 Å². The summed E-state index contributed by atoms with van der Waals surface area (Å²) in [5.74, 6) is -0.383. The number of aryl methyl sites for hydroxylation is 1. The van der Waals surface area contributed by atoms with Crippen molar-refractivity contribution in [3.05, 3.63) is 64.1 Å². The molecule has 0 aliphatic carbocycles. The minimum Gasteiger partial charge on any atom is -0.417 e. The lowest BCUT2D eigenvalue weighted by Crippen LogP contribution is -2.19. The van der Waals surface area contributed by atoms with Crippen molar-refractivity contribution in [3.63, 3.8) is 0 Å². The number of carbonyl (C=O) groups excluding carboxylic acids is 1. The van der Waals surface area contributed by atoms with Crippen molar-refractivity contribution in [3.8, 4) is 5.75 Å². The maximum Gasteiger partial charge on any atom is 0.343 e. The van der Waals surface area contributed by atoms with Crippen LogP contribution in [0.2, 0.25) is 0 Å². The topological polar surface area (TPSA) is 48.3 Å². The molecule has 1 heterocycles. The maximum absolute atomic E-state index is 12.2. The number of carbonyl (C=O) groups is 1. The Morgan fingerprint density at radius 1 is 1.09 bits per heavy atom. The second-order valence-corrected chi connectivity index (χ2v) is 5.60. The third-order valence-electron chi connectivity index (χ3n) is 3.85. The summed E-state index contributed by atoms with van der Waals surface area (Å²) in [6.45, 7) is 4.81. The lowest BCUT2D eigenvalue weighted by atomic mass is 10.2. The van der Waals surface area contributed by atoms with Crippen LogP contribution in [-0.2, 0) is 6.54 Å². The fourth-order valence-corrected chi connectivity index (χ4v) is 2.46. The average Bonchev–Trinajstić information content (AvgIpc) is 2.57. The van der Waals surface area contributed by atoms with Gasteiger partial charge in [-0.2, -0.15) is 0 Å². The summed E-state index contributed by atoms with van der Waals surface area (Å²) < 4.78 is 7.33. The molecule has 0 saturated heterocycles. The van der Waals surface area contributed by atoms with Crippen molar-refractivity contribution in [2.24, 2.45) is 0 Å². The number of aromatic nitrogens is 1. The van der Waals surface area contributed by atoms with Gasteiger partial charge in [0.25, 0.3) is 0 Å². The monoisotopic (exact) mass is 313 g/mol. The predicted octanol–water partition coefficient (Wildman–Crippen LogP) is 3.96. The van der Waals surface area contributed by atoms with Gasteiger partial charge in [0.05, 0.1) is 11.3 Å². The summed E-state index contributed by atoms with van der Waals surface area (Å²) in [5.41, 5.74) is 0.861. The molecule has 0 unspecified atom stereocenters. The second kappa shape index (κ2) is 8.32. The summed E-state index contributed by atoms with van der Waals surface area (Å²) in [4.78, 5) is 24.2. The Morgan fingerprint density at radius 2 is 1.83 bits per heavy atom. The van der Waals surface area contributed by atoms with Crippen LogP contribution in [0.4, 0.5) is 0 Å². The van der Waals surface area contributed by atoms with E-state index in [-0.39, 0.29) is 11.2 Å². The number of esters is 1. The first-order chi connectivity index (χ1) is 11.1. The van der Waals surface area contributed by atoms with Gasteiger partial charge in [-0.05, 0) is 25.5 Å². The smallest absolute Gasteiger partial charge is 0.343 e. The summed E-state index contributed by atoms with van der Waals surface area (Å²) in [5, 5.41) is 0. The van der Waals surface area contributed by atoms with Crippen LogP contribution >= 0.6 is 0 Å². The summed E-state index contributed by atoms with van der Waals surface area (Å²) >= 11 is 0. The van der Waals surface area contributed by atoms with Crippen LogP contribution in [0.3, 0.4) is 0 Å². The van der Waals surface area contributed by atoms with E-state index in [1.54, 1.807) is 30.5 Å². The number of unbranched alkanes of at least 4 members (excludes halogenated alkanes) is 3. The largest absolute Gasteiger partial charge is 0.417 e. The Balaban J connectivity index is 2.15. The van der Waals surface area contributed by atoms with Crippen LogP contribution in [0.5, 0.6) is 5.75 Å². The zero-order valence-corrected chi connectivity index (χ0v) is 13.7. The minimum atomic E-state index is -0.505. The Hall–Kier alpha value is -2.36. The normalized spacial score (nSPS) is 10.5. The molecule has 0 aliphatic rings. The van der Waals surface area contributed by atoms with Crippen LogP contribution in [-0.4, -0.2) is 10.5 Å². The van der Waals surface area contributed by atoms with Gasteiger partial charge in [0.1, 0.15) is 0 Å². The number of pyridine rings is 1. The van der Waals surface area contributed by atoms with Crippen LogP contribution in [0.1, 0.15) is 48.7 Å². The van der Waals surface area contributed by atoms with Crippen LogP contribution in [0.15, 0.2) is 47.4 Å². The summed E-state index contributed by atoms with van der Waals surface area (Å²) in [6, 6.07) is 10.2. The van der Waals surface area contributed by atoms with E-state index in [1.165, 1.54) is 18.9 Å². The third kappa shape index (κ3) is 4.55. The fourth-order valence-electron chi connectivity index (χ4n) is 2.46. The van der Waals surface area contributed by atoms with Gasteiger partial charge in [-0.25, -0.2) is 4.79 Å². The van der Waals surface area contributed by atoms with E-state index in [9.17, 15) is 9.59 Å². The van der Waals surface area contributed by atoms with Crippen molar-refractivity contribution >= 4 is 5.97 Å². The SMILES string of the molecule is CCCCCCn1ccc(=O)c(OC(=O)c2ccccc2)c1C. The standard InChI is InChI=1S/C19H23NO3/c1-3-4-5-9-13-20-14-12-17(21)18(15(20)2)23-19(22)16-10-7-6-8-11-16/h6-8,10-12,14H,3-5,9,13H2,1-2H3. The first kappa shape index (κ1) is 17.0. The summed E-state index contributed by atoms with van der Waals surface area (Å²) in [7, 11) is 0. The van der Waals surface area contributed by atoms with Gasteiger partial charge in [0.2, 0.25) is 5.43 Å². The Morgan fingerprint density at radius 3 is 2.52 bits per heavy atom. The molecule has 4 heteroatoms. The third-order valence-corrected chi connectivity index (χ3v) is 3.85. The van der Waals surface area contributed by atoms with E-state index in [2.05, 4.69) is 6.92 Å². The first-order valence-electron chi connectivity index (χ1n) is 8.10. The van der Waals surface area contributed by atoms with Crippen molar-refractivity contribution in [1.82, 2.24) is 4.57 Å². The lowest BCUT2D eigenvalue weighted by molar-refractivity contribution is 0.0730. The lowest BCUT2D eigenvalue weighted by Gasteiger charge is -2.14. The number of hydrogen-bond acceptors (Lipinski definition) is 3. The number of hydrogen-bond donors (Lipinski definition) is 0. The van der Waals surface area contributed by atoms with Crippen molar-refractivity contribution in [2.45, 2.75) is 46.1 Å². The average molecular weight is 313 g/mol. The van der Waals surface area contributed by atoms with E-state index in [4.69, 9.17) is 4.74 Å². The highest BCUT2D eigenvalue weighted by atomic mass is 16.5. The van der Waals surface area contributed by atoms with Crippen molar-refractivity contribution in [2.75, 3.05) is 0 Å². The van der Waals surface area contributed by atoms with Crippen LogP contribution in [0.25, 0.3) is 0 Å². The summed E-state index contributed by atoms with van der Waals surface area (Å²) in [6.07, 6.45) is 6.35. The highest BCUT2D eigenvalue weighted by molar-refractivity contribution is 5.91. The number of nitrogens with zero attached hydrogens (tertiary/aromatic N) is 1. The fraction of sp³-hybridized carbons (Fsp3) is 0.368. The number of rotatable bonds is 7. The molecule has 4 nitrogen and oxygen atoms in total. The quantitative estimate of drug-likeness (QED) is 0.574. The van der Waals surface area contributed by atoms with Crippen molar-refractivity contribution < 1.29 is 9.53 Å². The minimum absolute atomic E-state index is 0.122. The van der Waals surface area contributed by atoms with Gasteiger partial charge in [0.15, 0.2) is 5.75 Å². The predicted molar refractivity (Wildman–Crippen MR) is 91.0 cm³/mol. The molecule has 0 radical (unpaired) electrons. The molecule has 122 valence electrons. The molecular formula is C19H23NO3. The van der Waals surface area contributed by atoms with E-state index in [1.807, 2.05) is 17.6 Å². The molecule has 0 N–H and O–H groups in total. The van der Waals surface area contributed by atoms with E-state index >= 15 is 0 Å². The molecule has 0 atom stereocenters. The molecule has 2 aromatic rings. The molecule has 23 heavy (non-hydrogen) atoms. The molecule has 2 rings (SSSR count). The number of ether oxygens (including phenoxy) is 1. The Bertz CT molecular complexity index is 704. The van der Waals surface area contributed by atoms with Gasteiger partial charge in [-0.15, -0.1) is 0 Å². The molecular weight excluding hydrogens is 290 g/mol. The zero-order valence-electron chi connectivity index (χ0n) is 13.7. The Kier molecular flexibility index (Phi) is 6.15. The highest BCUT2D eigenvalue weighted by Gasteiger charge is 2.14. The van der Waals surface area contributed by atoms with Crippen LogP contribution in [0, 0.1) is 6.92 Å². The molecule has 1 aromatic carbocycles. The molecule has 0 aliphatic heterocycles. The van der Waals surface area contributed by atoms with E-state index in [0.29, 0.717) is 11.3 Å². The molecule has 0 spiro atoms. The van der Waals surface area contributed by atoms with Gasteiger partial charge in [0, 0.05) is 18.8 Å². The number of benzene rings is 1. The van der Waals surface area contributed by atoms with Gasteiger partial charge >= 0.3 is 5.97 Å². The molecule has 1 aromatic heterocycles. The van der Waals surface area contributed by atoms with E-state index in [0.717, 1.165) is 19.4 Å². The molecule has 0 bridgehead atoms. The highest BCUT2D eigenvalue weighted by Crippen LogP contribution is 2.15. The van der Waals surface area contributed by atoms with Gasteiger partial charge < -0.3 is 9.30 Å².